The van der Waals surface area contributed by atoms with Crippen LogP contribution < -0.4 is 10.9 Å². The van der Waals surface area contributed by atoms with E-state index in [1.54, 1.807) is 0 Å². The molecule has 0 aliphatic carbocycles. The maximum atomic E-state index is 12.1. The number of benzene rings is 1. The van der Waals surface area contributed by atoms with Gasteiger partial charge in [0.15, 0.2) is 5.56 Å². The van der Waals surface area contributed by atoms with Crippen LogP contribution in [0.5, 0.6) is 5.75 Å². The van der Waals surface area contributed by atoms with E-state index in [0.717, 1.165) is 35.3 Å². The van der Waals surface area contributed by atoms with Crippen molar-refractivity contribution in [2.24, 2.45) is 0 Å². The summed E-state index contributed by atoms with van der Waals surface area (Å²) in [5.41, 5.74) is 3.08. The Morgan fingerprint density at radius 1 is 1.21 bits per heavy atom. The minimum Gasteiger partial charge on any atom is -0.506 e. The average molecular weight is 351 g/mol. The van der Waals surface area contributed by atoms with Crippen LogP contribution in [-0.2, 0) is 24.4 Å². The highest BCUT2D eigenvalue weighted by atomic mass is 35.5. The van der Waals surface area contributed by atoms with Gasteiger partial charge in [0, 0.05) is 23.4 Å². The molecule has 8 heteroatoms. The number of carboxylic acid groups (broad SMARTS) is 1. The summed E-state index contributed by atoms with van der Waals surface area (Å²) in [6.45, 7) is 1.21. The number of H-pyrrole nitrogens is 1. The van der Waals surface area contributed by atoms with E-state index in [-0.39, 0.29) is 19.0 Å². The number of nitrogens with one attached hydrogen (secondary N) is 2. The molecule has 0 atom stereocenters. The molecule has 2 aliphatic heterocycles. The van der Waals surface area contributed by atoms with Gasteiger partial charge in [-0.2, -0.15) is 0 Å². The van der Waals surface area contributed by atoms with E-state index in [2.05, 4.69) is 10.3 Å². The van der Waals surface area contributed by atoms with Crippen LogP contribution >= 0.6 is 12.4 Å². The molecule has 2 aliphatic rings. The third-order valence-electron chi connectivity index (χ3n) is 4.32. The van der Waals surface area contributed by atoms with Crippen LogP contribution in [0.1, 0.15) is 27.0 Å². The minimum absolute atomic E-state index is 0. The normalized spacial score (nSPS) is 14.5. The first-order valence-corrected chi connectivity index (χ1v) is 7.25. The number of aromatic amines is 1. The molecule has 0 saturated heterocycles. The second-order valence-electron chi connectivity index (χ2n) is 5.67. The Kier molecular flexibility index (Phi) is 3.98. The fourth-order valence-electron chi connectivity index (χ4n) is 3.20. The zero-order valence-corrected chi connectivity index (χ0v) is 13.3. The standard InChI is InChI=1S/C16H14N2O5.ClH/c19-14-10-6-23-5-8-4-11-7(1-2-17-11)3-9(8)13(10)18-15(20)12(14)16(21)22;/h3-4,17H,1-2,5-6H2,(H,21,22)(H2,18,19,20);1H. The van der Waals surface area contributed by atoms with E-state index in [1.165, 1.54) is 0 Å². The van der Waals surface area contributed by atoms with Crippen molar-refractivity contribution >= 4 is 24.1 Å². The number of ether oxygens (including phenoxy) is 1. The molecule has 0 bridgehead atoms. The van der Waals surface area contributed by atoms with Crippen molar-refractivity contribution in [3.8, 4) is 17.0 Å². The van der Waals surface area contributed by atoms with Crippen LogP contribution in [0, 0.1) is 0 Å². The fraction of sp³-hybridized carbons (Fsp3) is 0.250. The first-order valence-electron chi connectivity index (χ1n) is 7.25. The molecule has 7 nitrogen and oxygen atoms in total. The number of halogens is 1. The van der Waals surface area contributed by atoms with Crippen LogP contribution in [0.15, 0.2) is 16.9 Å². The van der Waals surface area contributed by atoms with E-state index in [0.29, 0.717) is 17.9 Å². The van der Waals surface area contributed by atoms with Gasteiger partial charge in [-0.3, -0.25) is 4.79 Å². The van der Waals surface area contributed by atoms with Gasteiger partial charge in [0.05, 0.1) is 18.9 Å². The van der Waals surface area contributed by atoms with Gasteiger partial charge in [0.1, 0.15) is 5.75 Å². The van der Waals surface area contributed by atoms with Crippen molar-refractivity contribution in [1.82, 2.24) is 4.98 Å². The molecular formula is C16H15ClN2O5. The molecule has 4 rings (SSSR count). The third kappa shape index (κ3) is 2.33. The predicted molar refractivity (Wildman–Crippen MR) is 89.1 cm³/mol. The molecule has 0 radical (unpaired) electrons. The topological polar surface area (TPSA) is 112 Å². The van der Waals surface area contributed by atoms with Gasteiger partial charge in [-0.1, -0.05) is 0 Å². The highest BCUT2D eigenvalue weighted by Gasteiger charge is 2.27. The number of carboxylic acids is 1. The van der Waals surface area contributed by atoms with Crippen LogP contribution in [0.25, 0.3) is 11.3 Å². The summed E-state index contributed by atoms with van der Waals surface area (Å²) in [4.78, 5) is 25.9. The number of rotatable bonds is 1. The molecule has 126 valence electrons. The number of aromatic hydroxyl groups is 1. The van der Waals surface area contributed by atoms with Crippen LogP contribution in [0.4, 0.5) is 5.69 Å². The smallest absolute Gasteiger partial charge is 0.345 e. The van der Waals surface area contributed by atoms with Crippen LogP contribution in [-0.4, -0.2) is 27.7 Å². The van der Waals surface area contributed by atoms with E-state index >= 15 is 0 Å². The summed E-state index contributed by atoms with van der Waals surface area (Å²) in [6.07, 6.45) is 0.877. The summed E-state index contributed by atoms with van der Waals surface area (Å²) in [7, 11) is 0. The number of hydrogen-bond acceptors (Lipinski definition) is 5. The third-order valence-corrected chi connectivity index (χ3v) is 4.32. The molecule has 0 fully saturated rings. The Hall–Kier alpha value is -2.51. The Morgan fingerprint density at radius 3 is 2.75 bits per heavy atom. The number of hydrogen-bond donors (Lipinski definition) is 4. The molecule has 2 aromatic rings. The first kappa shape index (κ1) is 16.4. The van der Waals surface area contributed by atoms with E-state index < -0.39 is 22.8 Å². The van der Waals surface area contributed by atoms with Crippen molar-refractivity contribution in [2.75, 3.05) is 11.9 Å². The van der Waals surface area contributed by atoms with Crippen molar-refractivity contribution in [3.63, 3.8) is 0 Å². The highest BCUT2D eigenvalue weighted by molar-refractivity contribution is 5.92. The monoisotopic (exact) mass is 350 g/mol. The van der Waals surface area contributed by atoms with Crippen molar-refractivity contribution in [2.45, 2.75) is 19.6 Å². The second kappa shape index (κ2) is 5.85. The summed E-state index contributed by atoms with van der Waals surface area (Å²) >= 11 is 0. The first-order chi connectivity index (χ1) is 11.1. The largest absolute Gasteiger partial charge is 0.506 e. The Bertz CT molecular complexity index is 906. The van der Waals surface area contributed by atoms with E-state index in [4.69, 9.17) is 9.84 Å². The summed E-state index contributed by atoms with van der Waals surface area (Å²) in [5.74, 6) is -1.99. The number of carbonyl (C=O) groups is 1. The number of anilines is 1. The lowest BCUT2D eigenvalue weighted by Gasteiger charge is -2.12. The maximum Gasteiger partial charge on any atom is 0.345 e. The van der Waals surface area contributed by atoms with Gasteiger partial charge < -0.3 is 25.3 Å². The van der Waals surface area contributed by atoms with Gasteiger partial charge >= 0.3 is 5.97 Å². The average Bonchev–Trinajstić information content (AvgIpc) is 2.87. The zero-order valence-electron chi connectivity index (χ0n) is 12.5. The van der Waals surface area contributed by atoms with Crippen LogP contribution in [0.3, 0.4) is 0 Å². The van der Waals surface area contributed by atoms with Gasteiger partial charge in [-0.15, -0.1) is 12.4 Å². The highest BCUT2D eigenvalue weighted by Crippen LogP contribution is 2.38. The molecular weight excluding hydrogens is 336 g/mol. The summed E-state index contributed by atoms with van der Waals surface area (Å²) in [6, 6.07) is 3.95. The Labute approximate surface area is 142 Å². The van der Waals surface area contributed by atoms with E-state index in [9.17, 15) is 14.7 Å². The van der Waals surface area contributed by atoms with E-state index in [1.807, 2.05) is 12.1 Å². The number of aromatic nitrogens is 1. The lowest BCUT2D eigenvalue weighted by Crippen LogP contribution is -2.20. The molecule has 1 aromatic carbocycles. The van der Waals surface area contributed by atoms with Gasteiger partial charge in [-0.25, -0.2) is 4.79 Å². The Balaban J connectivity index is 0.00000169. The summed E-state index contributed by atoms with van der Waals surface area (Å²) < 4.78 is 5.56. The fourth-order valence-corrected chi connectivity index (χ4v) is 3.20. The summed E-state index contributed by atoms with van der Waals surface area (Å²) in [5, 5.41) is 22.6. The SMILES string of the molecule is Cl.O=C(O)c1c(O)c2c([nH]c1=O)-c1cc3c(cc1COC2)NCC3. The number of fused-ring (bicyclic) bond motifs is 4. The van der Waals surface area contributed by atoms with Crippen molar-refractivity contribution in [3.05, 3.63) is 44.7 Å². The minimum atomic E-state index is -1.46. The maximum absolute atomic E-state index is 12.1. The predicted octanol–water partition coefficient (Wildman–Crippen LogP) is 1.87. The molecule has 0 amide bonds. The lowest BCUT2D eigenvalue weighted by molar-refractivity contribution is 0.0690. The zero-order chi connectivity index (χ0) is 16.1. The van der Waals surface area contributed by atoms with Crippen LogP contribution in [0.2, 0.25) is 0 Å². The second-order valence-corrected chi connectivity index (χ2v) is 5.67. The van der Waals surface area contributed by atoms with Gasteiger partial charge in [0.2, 0.25) is 0 Å². The molecule has 4 N–H and O–H groups in total. The van der Waals surface area contributed by atoms with Gasteiger partial charge in [0.25, 0.3) is 5.56 Å². The molecule has 3 heterocycles. The Morgan fingerprint density at radius 2 is 2.00 bits per heavy atom. The number of pyridine rings is 1. The molecule has 1 aromatic heterocycles. The van der Waals surface area contributed by atoms with Crippen molar-refractivity contribution < 1.29 is 19.7 Å². The quantitative estimate of drug-likeness (QED) is 0.624. The molecule has 0 unspecified atom stereocenters. The molecule has 0 saturated carbocycles. The number of aromatic carboxylic acids is 1. The molecule has 0 spiro atoms. The van der Waals surface area contributed by atoms with Crippen molar-refractivity contribution in [1.29, 1.82) is 0 Å². The molecule has 24 heavy (non-hydrogen) atoms. The lowest BCUT2D eigenvalue weighted by atomic mass is 9.96. The van der Waals surface area contributed by atoms with Gasteiger partial charge in [-0.05, 0) is 29.7 Å².